The van der Waals surface area contributed by atoms with Crippen LogP contribution in [0.15, 0.2) is 18.5 Å². The number of hydrogen-bond donors (Lipinski definition) is 1. The number of nitrogens with zero attached hydrogens (tertiary/aromatic N) is 5. The highest BCUT2D eigenvalue weighted by molar-refractivity contribution is 6.28. The molecular weight excluding hydrogens is 288 g/mol. The molecule has 0 aromatic carbocycles. The summed E-state index contributed by atoms with van der Waals surface area (Å²) in [7, 11) is 0. The number of halogens is 1. The standard InChI is InChI=1S/C14H17ClN6/c1-10-4-5-16-8-11(10)9-17-13-18-12(15)19-14(20-13)21-6-2-3-7-21/h4-5,8H,2-3,6-7,9H2,1H3,(H,17,18,19,20). The lowest BCUT2D eigenvalue weighted by molar-refractivity contribution is 0.875. The van der Waals surface area contributed by atoms with E-state index >= 15 is 0 Å². The van der Waals surface area contributed by atoms with E-state index in [0.29, 0.717) is 18.4 Å². The van der Waals surface area contributed by atoms with Crippen molar-refractivity contribution in [2.75, 3.05) is 23.3 Å². The number of rotatable bonds is 4. The molecule has 1 fully saturated rings. The number of anilines is 2. The van der Waals surface area contributed by atoms with Crippen LogP contribution in [0.3, 0.4) is 0 Å². The van der Waals surface area contributed by atoms with Gasteiger partial charge < -0.3 is 10.2 Å². The third-order valence-corrected chi connectivity index (χ3v) is 3.74. The van der Waals surface area contributed by atoms with Crippen molar-refractivity contribution in [3.8, 4) is 0 Å². The molecule has 3 rings (SSSR count). The highest BCUT2D eigenvalue weighted by Crippen LogP contribution is 2.19. The van der Waals surface area contributed by atoms with Gasteiger partial charge in [-0.3, -0.25) is 4.98 Å². The van der Waals surface area contributed by atoms with E-state index in [4.69, 9.17) is 11.6 Å². The van der Waals surface area contributed by atoms with Crippen LogP contribution in [0.2, 0.25) is 5.28 Å². The molecule has 7 heteroatoms. The van der Waals surface area contributed by atoms with Gasteiger partial charge in [0.05, 0.1) is 0 Å². The summed E-state index contributed by atoms with van der Waals surface area (Å²) in [5.74, 6) is 1.15. The van der Waals surface area contributed by atoms with Crippen molar-refractivity contribution in [1.29, 1.82) is 0 Å². The summed E-state index contributed by atoms with van der Waals surface area (Å²) in [5, 5.41) is 3.41. The van der Waals surface area contributed by atoms with Gasteiger partial charge in [-0.2, -0.15) is 15.0 Å². The van der Waals surface area contributed by atoms with Crippen LogP contribution in [0.25, 0.3) is 0 Å². The Hall–Kier alpha value is -1.95. The number of nitrogens with one attached hydrogen (secondary N) is 1. The summed E-state index contributed by atoms with van der Waals surface area (Å²) < 4.78 is 0. The molecule has 2 aromatic rings. The minimum atomic E-state index is 0.220. The van der Waals surface area contributed by atoms with Crippen LogP contribution in [0.5, 0.6) is 0 Å². The van der Waals surface area contributed by atoms with E-state index in [1.54, 1.807) is 6.20 Å². The third kappa shape index (κ3) is 3.39. The summed E-state index contributed by atoms with van der Waals surface area (Å²) in [6.07, 6.45) is 5.96. The second kappa shape index (κ2) is 6.22. The van der Waals surface area contributed by atoms with Crippen LogP contribution in [-0.4, -0.2) is 33.0 Å². The van der Waals surface area contributed by atoms with Gasteiger partial charge in [0.15, 0.2) is 0 Å². The molecule has 1 aliphatic rings. The fourth-order valence-electron chi connectivity index (χ4n) is 2.33. The monoisotopic (exact) mass is 304 g/mol. The zero-order chi connectivity index (χ0) is 14.7. The lowest BCUT2D eigenvalue weighted by Gasteiger charge is -2.16. The first-order valence-corrected chi connectivity index (χ1v) is 7.40. The SMILES string of the molecule is Cc1ccncc1CNc1nc(Cl)nc(N2CCCC2)n1. The predicted molar refractivity (Wildman–Crippen MR) is 82.6 cm³/mol. The highest BCUT2D eigenvalue weighted by atomic mass is 35.5. The quantitative estimate of drug-likeness (QED) is 0.936. The molecule has 0 bridgehead atoms. The Bertz CT molecular complexity index is 627. The summed E-state index contributed by atoms with van der Waals surface area (Å²) in [6.45, 7) is 4.61. The molecule has 2 aromatic heterocycles. The van der Waals surface area contributed by atoms with E-state index in [0.717, 1.165) is 18.7 Å². The molecule has 0 aliphatic carbocycles. The third-order valence-electron chi connectivity index (χ3n) is 3.57. The lowest BCUT2D eigenvalue weighted by atomic mass is 10.2. The van der Waals surface area contributed by atoms with Crippen molar-refractivity contribution in [1.82, 2.24) is 19.9 Å². The van der Waals surface area contributed by atoms with Crippen LogP contribution in [0, 0.1) is 6.92 Å². The number of aryl methyl sites for hydroxylation is 1. The Kier molecular flexibility index (Phi) is 4.15. The minimum Gasteiger partial charge on any atom is -0.350 e. The van der Waals surface area contributed by atoms with Crippen LogP contribution in [-0.2, 0) is 6.54 Å². The molecule has 110 valence electrons. The zero-order valence-corrected chi connectivity index (χ0v) is 12.6. The average Bonchev–Trinajstić information content (AvgIpc) is 3.00. The fourth-order valence-corrected chi connectivity index (χ4v) is 2.49. The molecule has 0 radical (unpaired) electrons. The van der Waals surface area contributed by atoms with E-state index in [2.05, 4.69) is 37.1 Å². The van der Waals surface area contributed by atoms with Gasteiger partial charge in [0, 0.05) is 32.0 Å². The number of aromatic nitrogens is 4. The number of pyridine rings is 1. The molecule has 21 heavy (non-hydrogen) atoms. The molecule has 0 amide bonds. The first-order chi connectivity index (χ1) is 10.2. The summed E-state index contributed by atoms with van der Waals surface area (Å²) >= 11 is 6.00. The molecule has 0 saturated carbocycles. The van der Waals surface area contributed by atoms with Crippen molar-refractivity contribution in [2.45, 2.75) is 26.3 Å². The van der Waals surface area contributed by atoms with Crippen molar-refractivity contribution in [3.05, 3.63) is 34.9 Å². The maximum absolute atomic E-state index is 6.00. The molecular formula is C14H17ClN6. The first kappa shape index (κ1) is 14.0. The Balaban J connectivity index is 1.74. The Morgan fingerprint density at radius 3 is 2.81 bits per heavy atom. The molecule has 6 nitrogen and oxygen atoms in total. The van der Waals surface area contributed by atoms with Crippen molar-refractivity contribution in [2.24, 2.45) is 0 Å². The van der Waals surface area contributed by atoms with Gasteiger partial charge in [0.1, 0.15) is 0 Å². The van der Waals surface area contributed by atoms with Gasteiger partial charge in [-0.25, -0.2) is 0 Å². The first-order valence-electron chi connectivity index (χ1n) is 7.02. The van der Waals surface area contributed by atoms with Gasteiger partial charge in [-0.05, 0) is 48.6 Å². The van der Waals surface area contributed by atoms with Crippen molar-refractivity contribution >= 4 is 23.5 Å². The molecule has 0 spiro atoms. The van der Waals surface area contributed by atoms with Crippen molar-refractivity contribution in [3.63, 3.8) is 0 Å². The maximum atomic E-state index is 6.00. The molecule has 3 heterocycles. The second-order valence-electron chi connectivity index (χ2n) is 5.08. The van der Waals surface area contributed by atoms with Gasteiger partial charge in [-0.15, -0.1) is 0 Å². The predicted octanol–water partition coefficient (Wildman–Crippen LogP) is 2.44. The van der Waals surface area contributed by atoms with E-state index < -0.39 is 0 Å². The van der Waals surface area contributed by atoms with Crippen LogP contribution < -0.4 is 10.2 Å². The largest absolute Gasteiger partial charge is 0.350 e. The van der Waals surface area contributed by atoms with E-state index in [9.17, 15) is 0 Å². The van der Waals surface area contributed by atoms with Gasteiger partial charge in [0.25, 0.3) is 0 Å². The summed E-state index contributed by atoms with van der Waals surface area (Å²) in [6, 6.07) is 1.98. The van der Waals surface area contributed by atoms with Crippen LogP contribution in [0.1, 0.15) is 24.0 Å². The van der Waals surface area contributed by atoms with Gasteiger partial charge in [-0.1, -0.05) is 0 Å². The minimum absolute atomic E-state index is 0.220. The fraction of sp³-hybridized carbons (Fsp3) is 0.429. The smallest absolute Gasteiger partial charge is 0.231 e. The molecule has 0 unspecified atom stereocenters. The normalized spacial score (nSPS) is 14.5. The van der Waals surface area contributed by atoms with E-state index in [-0.39, 0.29) is 5.28 Å². The van der Waals surface area contributed by atoms with Gasteiger partial charge >= 0.3 is 0 Å². The van der Waals surface area contributed by atoms with E-state index in [1.807, 2.05) is 12.3 Å². The Morgan fingerprint density at radius 2 is 2.05 bits per heavy atom. The molecule has 0 atom stereocenters. The zero-order valence-electron chi connectivity index (χ0n) is 11.9. The van der Waals surface area contributed by atoms with Crippen LogP contribution >= 0.6 is 11.6 Å². The van der Waals surface area contributed by atoms with Gasteiger partial charge in [0.2, 0.25) is 17.2 Å². The summed E-state index contributed by atoms with van der Waals surface area (Å²) in [5.41, 5.74) is 2.29. The topological polar surface area (TPSA) is 66.8 Å². The van der Waals surface area contributed by atoms with E-state index in [1.165, 1.54) is 18.4 Å². The lowest BCUT2D eigenvalue weighted by Crippen LogP contribution is -2.21. The average molecular weight is 305 g/mol. The summed E-state index contributed by atoms with van der Waals surface area (Å²) in [4.78, 5) is 19.0. The highest BCUT2D eigenvalue weighted by Gasteiger charge is 2.16. The molecule has 1 aliphatic heterocycles. The molecule has 1 N–H and O–H groups in total. The van der Waals surface area contributed by atoms with Crippen molar-refractivity contribution < 1.29 is 0 Å². The maximum Gasteiger partial charge on any atom is 0.231 e. The second-order valence-corrected chi connectivity index (χ2v) is 5.42. The number of hydrogen-bond acceptors (Lipinski definition) is 6. The molecule has 1 saturated heterocycles. The van der Waals surface area contributed by atoms with Crippen LogP contribution in [0.4, 0.5) is 11.9 Å². The Labute approximate surface area is 128 Å². The Morgan fingerprint density at radius 1 is 1.24 bits per heavy atom.